The summed E-state index contributed by atoms with van der Waals surface area (Å²) in [5.41, 5.74) is 0.0176. The fraction of sp³-hybridized carbons (Fsp3) is 0.231. The SMILES string of the molecule is CC(C)c1cccc2oc(=O)c(C(=O)[O-])cc12. The van der Waals surface area contributed by atoms with E-state index in [0.29, 0.717) is 11.0 Å². The van der Waals surface area contributed by atoms with Gasteiger partial charge in [0.1, 0.15) is 5.58 Å². The first-order chi connectivity index (χ1) is 8.00. The maximum Gasteiger partial charge on any atom is 0.345 e. The summed E-state index contributed by atoms with van der Waals surface area (Å²) in [7, 11) is 0. The highest BCUT2D eigenvalue weighted by atomic mass is 16.4. The van der Waals surface area contributed by atoms with Crippen molar-refractivity contribution in [3.05, 3.63) is 45.8 Å². The first-order valence-corrected chi connectivity index (χ1v) is 5.29. The third-order valence-electron chi connectivity index (χ3n) is 2.65. The first kappa shape index (κ1) is 11.4. The van der Waals surface area contributed by atoms with Crippen LogP contribution in [0.5, 0.6) is 0 Å². The highest BCUT2D eigenvalue weighted by Crippen LogP contribution is 2.24. The van der Waals surface area contributed by atoms with Gasteiger partial charge in [-0.3, -0.25) is 0 Å². The molecule has 0 radical (unpaired) electrons. The molecule has 0 unspecified atom stereocenters. The van der Waals surface area contributed by atoms with Crippen LogP contribution in [-0.2, 0) is 0 Å². The van der Waals surface area contributed by atoms with Crippen molar-refractivity contribution in [1.29, 1.82) is 0 Å². The maximum atomic E-state index is 11.4. The Morgan fingerprint density at radius 2 is 2.06 bits per heavy atom. The van der Waals surface area contributed by atoms with Crippen molar-refractivity contribution in [3.63, 3.8) is 0 Å². The summed E-state index contributed by atoms with van der Waals surface area (Å²) in [6.07, 6.45) is 0. The van der Waals surface area contributed by atoms with Crippen LogP contribution in [0.1, 0.15) is 35.7 Å². The lowest BCUT2D eigenvalue weighted by molar-refractivity contribution is -0.255. The Kier molecular flexibility index (Phi) is 2.71. The molecule has 1 aromatic heterocycles. The van der Waals surface area contributed by atoms with Crippen LogP contribution in [0.15, 0.2) is 33.5 Å². The molecule has 0 spiro atoms. The van der Waals surface area contributed by atoms with E-state index in [1.165, 1.54) is 6.07 Å². The third-order valence-corrected chi connectivity index (χ3v) is 2.65. The van der Waals surface area contributed by atoms with Crippen molar-refractivity contribution in [3.8, 4) is 0 Å². The predicted octanol–water partition coefficient (Wildman–Crippen LogP) is 1.28. The van der Waals surface area contributed by atoms with Gasteiger partial charge in [-0.1, -0.05) is 26.0 Å². The standard InChI is InChI=1S/C13H12O4/c1-7(2)8-4-3-5-11-9(8)6-10(12(14)15)13(16)17-11/h3-7H,1-2H3,(H,14,15)/p-1. The van der Waals surface area contributed by atoms with Crippen molar-refractivity contribution in [1.82, 2.24) is 0 Å². The molecule has 0 atom stereocenters. The molecule has 0 amide bonds. The van der Waals surface area contributed by atoms with Crippen LogP contribution >= 0.6 is 0 Å². The number of carbonyl (C=O) groups is 1. The van der Waals surface area contributed by atoms with Crippen molar-refractivity contribution >= 4 is 16.9 Å². The second-order valence-corrected chi connectivity index (χ2v) is 4.15. The smallest absolute Gasteiger partial charge is 0.345 e. The summed E-state index contributed by atoms with van der Waals surface area (Å²) in [4.78, 5) is 22.1. The molecule has 0 aliphatic rings. The van der Waals surface area contributed by atoms with E-state index in [0.717, 1.165) is 5.56 Å². The monoisotopic (exact) mass is 231 g/mol. The minimum Gasteiger partial charge on any atom is -0.545 e. The molecular formula is C13H11O4-. The Labute approximate surface area is 97.5 Å². The van der Waals surface area contributed by atoms with Crippen molar-refractivity contribution < 1.29 is 14.3 Å². The molecule has 0 fully saturated rings. The molecule has 0 aliphatic carbocycles. The Morgan fingerprint density at radius 1 is 1.35 bits per heavy atom. The van der Waals surface area contributed by atoms with Gasteiger partial charge in [0, 0.05) is 5.39 Å². The van der Waals surface area contributed by atoms with E-state index in [1.54, 1.807) is 12.1 Å². The largest absolute Gasteiger partial charge is 0.545 e. The Hall–Kier alpha value is -2.10. The van der Waals surface area contributed by atoms with Gasteiger partial charge in [0.2, 0.25) is 0 Å². The van der Waals surface area contributed by atoms with Crippen LogP contribution in [0.3, 0.4) is 0 Å². The number of carboxylic acid groups (broad SMARTS) is 1. The number of benzene rings is 1. The number of hydrogen-bond acceptors (Lipinski definition) is 4. The third kappa shape index (κ3) is 1.93. The van der Waals surface area contributed by atoms with Crippen LogP contribution in [0, 0.1) is 0 Å². The quantitative estimate of drug-likeness (QED) is 0.730. The molecule has 0 saturated heterocycles. The zero-order valence-corrected chi connectivity index (χ0v) is 9.52. The Balaban J connectivity index is 2.85. The maximum absolute atomic E-state index is 11.4. The number of rotatable bonds is 2. The minimum atomic E-state index is -1.51. The van der Waals surface area contributed by atoms with Gasteiger partial charge in [-0.15, -0.1) is 0 Å². The highest BCUT2D eigenvalue weighted by molar-refractivity contribution is 5.91. The van der Waals surface area contributed by atoms with Crippen LogP contribution in [0.4, 0.5) is 0 Å². The number of aromatic carboxylic acids is 1. The molecule has 4 nitrogen and oxygen atoms in total. The summed E-state index contributed by atoms with van der Waals surface area (Å²) in [6, 6.07) is 6.62. The molecule has 0 bridgehead atoms. The molecule has 1 aromatic carbocycles. The van der Waals surface area contributed by atoms with Crippen molar-refractivity contribution in [2.24, 2.45) is 0 Å². The topological polar surface area (TPSA) is 70.3 Å². The molecule has 0 aliphatic heterocycles. The molecule has 2 rings (SSSR count). The lowest BCUT2D eigenvalue weighted by Gasteiger charge is -2.10. The van der Waals surface area contributed by atoms with Crippen LogP contribution in [0.25, 0.3) is 11.0 Å². The van der Waals surface area contributed by atoms with Gasteiger partial charge in [0.05, 0.1) is 11.5 Å². The molecular weight excluding hydrogens is 220 g/mol. The zero-order chi connectivity index (χ0) is 12.6. The average molecular weight is 231 g/mol. The summed E-state index contributed by atoms with van der Waals surface area (Å²) in [5.74, 6) is -1.31. The van der Waals surface area contributed by atoms with Crippen molar-refractivity contribution in [2.45, 2.75) is 19.8 Å². The molecule has 2 aromatic rings. The number of hydrogen-bond donors (Lipinski definition) is 0. The van der Waals surface area contributed by atoms with E-state index in [9.17, 15) is 14.7 Å². The molecule has 88 valence electrons. The van der Waals surface area contributed by atoms with Crippen LogP contribution in [0.2, 0.25) is 0 Å². The van der Waals surface area contributed by atoms with E-state index < -0.39 is 17.2 Å². The van der Waals surface area contributed by atoms with Gasteiger partial charge in [-0.05, 0) is 23.6 Å². The van der Waals surface area contributed by atoms with E-state index >= 15 is 0 Å². The number of carboxylic acids is 1. The second kappa shape index (κ2) is 4.05. The summed E-state index contributed by atoms with van der Waals surface area (Å²) in [5, 5.41) is 11.4. The van der Waals surface area contributed by atoms with Gasteiger partial charge >= 0.3 is 5.63 Å². The second-order valence-electron chi connectivity index (χ2n) is 4.15. The summed E-state index contributed by atoms with van der Waals surface area (Å²) < 4.78 is 4.97. The van der Waals surface area contributed by atoms with E-state index in [-0.39, 0.29) is 5.92 Å². The molecule has 0 N–H and O–H groups in total. The van der Waals surface area contributed by atoms with E-state index in [4.69, 9.17) is 4.42 Å². The minimum absolute atomic E-state index is 0.209. The van der Waals surface area contributed by atoms with Crippen LogP contribution < -0.4 is 10.7 Å². The lowest BCUT2D eigenvalue weighted by Crippen LogP contribution is -2.28. The fourth-order valence-corrected chi connectivity index (χ4v) is 1.81. The predicted molar refractivity (Wildman–Crippen MR) is 60.9 cm³/mol. The van der Waals surface area contributed by atoms with Gasteiger partial charge < -0.3 is 14.3 Å². The molecule has 17 heavy (non-hydrogen) atoms. The van der Waals surface area contributed by atoms with Gasteiger partial charge in [-0.25, -0.2) is 4.79 Å². The number of fused-ring (bicyclic) bond motifs is 1. The molecule has 1 heterocycles. The zero-order valence-electron chi connectivity index (χ0n) is 9.52. The van der Waals surface area contributed by atoms with Crippen LogP contribution in [-0.4, -0.2) is 5.97 Å². The summed E-state index contributed by atoms with van der Waals surface area (Å²) in [6.45, 7) is 3.97. The average Bonchev–Trinajstić information content (AvgIpc) is 2.26. The Bertz CT molecular complexity index is 637. The van der Waals surface area contributed by atoms with E-state index in [2.05, 4.69) is 0 Å². The summed E-state index contributed by atoms with van der Waals surface area (Å²) >= 11 is 0. The fourth-order valence-electron chi connectivity index (χ4n) is 1.81. The number of carbonyl (C=O) groups excluding carboxylic acids is 1. The van der Waals surface area contributed by atoms with Gasteiger partial charge in [0.25, 0.3) is 0 Å². The van der Waals surface area contributed by atoms with Gasteiger partial charge in [-0.2, -0.15) is 0 Å². The highest BCUT2D eigenvalue weighted by Gasteiger charge is 2.10. The Morgan fingerprint density at radius 3 is 2.65 bits per heavy atom. The van der Waals surface area contributed by atoms with E-state index in [1.807, 2.05) is 19.9 Å². The van der Waals surface area contributed by atoms with Gasteiger partial charge in [0.15, 0.2) is 0 Å². The van der Waals surface area contributed by atoms with Crippen molar-refractivity contribution in [2.75, 3.05) is 0 Å². The lowest BCUT2D eigenvalue weighted by atomic mass is 9.98. The first-order valence-electron chi connectivity index (χ1n) is 5.29. The molecule has 4 heteroatoms. The normalized spacial score (nSPS) is 11.0. The molecule has 0 saturated carbocycles.